The average molecular weight is 323 g/mol. The van der Waals surface area contributed by atoms with E-state index in [-0.39, 0.29) is 18.6 Å². The molecular formula is C12H25N3O5S. The van der Waals surface area contributed by atoms with Crippen LogP contribution in [0, 0.1) is 0 Å². The lowest BCUT2D eigenvalue weighted by Crippen LogP contribution is -2.56. The monoisotopic (exact) mass is 323 g/mol. The zero-order valence-corrected chi connectivity index (χ0v) is 13.6. The van der Waals surface area contributed by atoms with E-state index in [4.69, 9.17) is 9.84 Å². The van der Waals surface area contributed by atoms with Crippen molar-refractivity contribution in [1.82, 2.24) is 13.9 Å². The van der Waals surface area contributed by atoms with Gasteiger partial charge in [0.25, 0.3) is 10.2 Å². The standard InChI is InChI=1S/C12H25N3O5S/c1-4-15(9-12(16)17)11-7-10(8-11)13-21(18,19)14(2)5-6-20-3/h10-11,13H,4-9H2,1-3H3,(H,16,17). The molecule has 1 rings (SSSR count). The molecule has 21 heavy (non-hydrogen) atoms. The average Bonchev–Trinajstić information content (AvgIpc) is 2.37. The smallest absolute Gasteiger partial charge is 0.317 e. The lowest BCUT2D eigenvalue weighted by molar-refractivity contribution is -0.139. The highest BCUT2D eigenvalue weighted by Crippen LogP contribution is 2.26. The van der Waals surface area contributed by atoms with Crippen LogP contribution < -0.4 is 4.72 Å². The molecule has 2 N–H and O–H groups in total. The van der Waals surface area contributed by atoms with Crippen molar-refractivity contribution < 1.29 is 23.1 Å². The lowest BCUT2D eigenvalue weighted by atomic mass is 9.86. The van der Waals surface area contributed by atoms with E-state index in [0.29, 0.717) is 32.5 Å². The van der Waals surface area contributed by atoms with E-state index >= 15 is 0 Å². The van der Waals surface area contributed by atoms with Gasteiger partial charge >= 0.3 is 5.97 Å². The van der Waals surface area contributed by atoms with Gasteiger partial charge in [-0.2, -0.15) is 17.4 Å². The van der Waals surface area contributed by atoms with Gasteiger partial charge in [-0.1, -0.05) is 6.92 Å². The summed E-state index contributed by atoms with van der Waals surface area (Å²) in [5, 5.41) is 8.82. The van der Waals surface area contributed by atoms with Crippen LogP contribution in [0.15, 0.2) is 0 Å². The molecule has 0 aromatic heterocycles. The summed E-state index contributed by atoms with van der Waals surface area (Å²) in [6, 6.07) is -0.00378. The normalized spacial score (nSPS) is 22.5. The Balaban J connectivity index is 2.41. The van der Waals surface area contributed by atoms with Crippen LogP contribution in [0.3, 0.4) is 0 Å². The molecule has 0 radical (unpaired) electrons. The molecule has 1 saturated carbocycles. The van der Waals surface area contributed by atoms with Crippen LogP contribution in [-0.4, -0.2) is 81.2 Å². The highest BCUT2D eigenvalue weighted by molar-refractivity contribution is 7.87. The predicted octanol–water partition coefficient (Wildman–Crippen LogP) is -0.663. The van der Waals surface area contributed by atoms with Gasteiger partial charge < -0.3 is 9.84 Å². The number of methoxy groups -OCH3 is 1. The summed E-state index contributed by atoms with van der Waals surface area (Å²) in [5.74, 6) is -0.861. The van der Waals surface area contributed by atoms with Crippen molar-refractivity contribution in [2.75, 3.05) is 40.4 Å². The van der Waals surface area contributed by atoms with Crippen LogP contribution >= 0.6 is 0 Å². The minimum absolute atomic E-state index is 0.00558. The van der Waals surface area contributed by atoms with Crippen LogP contribution in [-0.2, 0) is 19.7 Å². The van der Waals surface area contributed by atoms with Crippen molar-refractivity contribution in [2.45, 2.75) is 31.8 Å². The molecule has 0 aromatic carbocycles. The lowest BCUT2D eigenvalue weighted by Gasteiger charge is -2.42. The van der Waals surface area contributed by atoms with E-state index in [0.717, 1.165) is 0 Å². The van der Waals surface area contributed by atoms with Crippen molar-refractivity contribution >= 4 is 16.2 Å². The third kappa shape index (κ3) is 5.51. The zero-order chi connectivity index (χ0) is 16.0. The van der Waals surface area contributed by atoms with Crippen LogP contribution in [0.25, 0.3) is 0 Å². The van der Waals surface area contributed by atoms with Gasteiger partial charge in [-0.25, -0.2) is 0 Å². The first kappa shape index (κ1) is 18.3. The predicted molar refractivity (Wildman–Crippen MR) is 78.3 cm³/mol. The summed E-state index contributed by atoms with van der Waals surface area (Å²) < 4.78 is 32.7. The van der Waals surface area contributed by atoms with Gasteiger partial charge in [-0.15, -0.1) is 0 Å². The zero-order valence-electron chi connectivity index (χ0n) is 12.8. The highest BCUT2D eigenvalue weighted by Gasteiger charge is 2.36. The fraction of sp³-hybridized carbons (Fsp3) is 0.917. The maximum Gasteiger partial charge on any atom is 0.317 e. The van der Waals surface area contributed by atoms with E-state index in [1.807, 2.05) is 11.8 Å². The molecule has 0 spiro atoms. The number of rotatable bonds is 10. The van der Waals surface area contributed by atoms with Gasteiger partial charge in [-0.05, 0) is 19.4 Å². The Morgan fingerprint density at radius 3 is 2.52 bits per heavy atom. The van der Waals surface area contributed by atoms with E-state index in [1.165, 1.54) is 18.5 Å². The Labute approximate surface area is 126 Å². The molecule has 9 heteroatoms. The Hall–Kier alpha value is -0.740. The molecule has 1 fully saturated rings. The Kier molecular flexibility index (Phi) is 7.01. The molecule has 124 valence electrons. The number of nitrogens with zero attached hydrogens (tertiary/aromatic N) is 2. The summed E-state index contributed by atoms with van der Waals surface area (Å²) in [7, 11) is -0.483. The number of hydrogen-bond donors (Lipinski definition) is 2. The van der Waals surface area contributed by atoms with Gasteiger partial charge in [0.15, 0.2) is 0 Å². The second-order valence-electron chi connectivity index (χ2n) is 5.22. The summed E-state index contributed by atoms with van der Waals surface area (Å²) in [6.45, 7) is 3.17. The van der Waals surface area contributed by atoms with E-state index in [9.17, 15) is 13.2 Å². The molecule has 0 atom stereocenters. The summed E-state index contributed by atoms with van der Waals surface area (Å²) >= 11 is 0. The molecule has 8 nitrogen and oxygen atoms in total. The molecule has 0 heterocycles. The summed E-state index contributed by atoms with van der Waals surface area (Å²) in [4.78, 5) is 12.6. The minimum atomic E-state index is -3.50. The Morgan fingerprint density at radius 2 is 2.05 bits per heavy atom. The number of ether oxygens (including phenoxy) is 1. The topological polar surface area (TPSA) is 99.2 Å². The molecule has 0 unspecified atom stereocenters. The summed E-state index contributed by atoms with van der Waals surface area (Å²) in [6.07, 6.45) is 1.27. The number of carbonyl (C=O) groups is 1. The first-order chi connectivity index (χ1) is 9.80. The third-order valence-electron chi connectivity index (χ3n) is 3.71. The van der Waals surface area contributed by atoms with Crippen molar-refractivity contribution in [3.63, 3.8) is 0 Å². The molecule has 0 bridgehead atoms. The van der Waals surface area contributed by atoms with Crippen molar-refractivity contribution in [2.24, 2.45) is 0 Å². The van der Waals surface area contributed by atoms with Crippen molar-refractivity contribution in [3.05, 3.63) is 0 Å². The van der Waals surface area contributed by atoms with Gasteiger partial charge in [0.2, 0.25) is 0 Å². The number of carboxylic acids is 1. The maximum atomic E-state index is 12.0. The van der Waals surface area contributed by atoms with Gasteiger partial charge in [0, 0.05) is 32.8 Å². The SMILES string of the molecule is CCN(CC(=O)O)C1CC(NS(=O)(=O)N(C)CCOC)C1. The number of aliphatic carboxylic acids is 1. The van der Waals surface area contributed by atoms with Crippen molar-refractivity contribution in [3.8, 4) is 0 Å². The number of hydrogen-bond acceptors (Lipinski definition) is 5. The first-order valence-electron chi connectivity index (χ1n) is 6.98. The highest BCUT2D eigenvalue weighted by atomic mass is 32.2. The van der Waals surface area contributed by atoms with Gasteiger partial charge in [-0.3, -0.25) is 9.69 Å². The molecular weight excluding hydrogens is 298 g/mol. The fourth-order valence-electron chi connectivity index (χ4n) is 2.30. The quantitative estimate of drug-likeness (QED) is 0.553. The molecule has 0 aliphatic heterocycles. The van der Waals surface area contributed by atoms with Gasteiger partial charge in [0.05, 0.1) is 13.2 Å². The minimum Gasteiger partial charge on any atom is -0.480 e. The maximum absolute atomic E-state index is 12.0. The van der Waals surface area contributed by atoms with E-state index < -0.39 is 16.2 Å². The molecule has 0 saturated heterocycles. The number of nitrogens with one attached hydrogen (secondary N) is 1. The Morgan fingerprint density at radius 1 is 1.43 bits per heavy atom. The molecule has 0 aromatic rings. The Bertz CT molecular complexity index is 436. The third-order valence-corrected chi connectivity index (χ3v) is 5.34. The van der Waals surface area contributed by atoms with Crippen LogP contribution in [0.2, 0.25) is 0 Å². The molecule has 0 amide bonds. The largest absolute Gasteiger partial charge is 0.480 e. The molecule has 1 aliphatic carbocycles. The second kappa shape index (κ2) is 8.04. The van der Waals surface area contributed by atoms with E-state index in [1.54, 1.807) is 0 Å². The van der Waals surface area contributed by atoms with E-state index in [2.05, 4.69) is 4.72 Å². The first-order valence-corrected chi connectivity index (χ1v) is 8.42. The number of carboxylic acid groups (broad SMARTS) is 1. The van der Waals surface area contributed by atoms with Crippen LogP contribution in [0.5, 0.6) is 0 Å². The summed E-state index contributed by atoms with van der Waals surface area (Å²) in [5.41, 5.74) is 0. The molecule has 1 aliphatic rings. The van der Waals surface area contributed by atoms with Crippen LogP contribution in [0.1, 0.15) is 19.8 Å². The number of likely N-dealkylation sites (N-methyl/N-ethyl adjacent to an activating group) is 2. The van der Waals surface area contributed by atoms with Gasteiger partial charge in [0.1, 0.15) is 0 Å². The second-order valence-corrected chi connectivity index (χ2v) is 7.03. The van der Waals surface area contributed by atoms with Crippen LogP contribution in [0.4, 0.5) is 0 Å². The van der Waals surface area contributed by atoms with Crippen molar-refractivity contribution in [1.29, 1.82) is 0 Å². The fourth-order valence-corrected chi connectivity index (χ4v) is 3.40.